The van der Waals surface area contributed by atoms with E-state index in [0.717, 1.165) is 0 Å². The van der Waals surface area contributed by atoms with Gasteiger partial charge in [-0.1, -0.05) is 23.7 Å². The lowest BCUT2D eigenvalue weighted by atomic mass is 10.2. The summed E-state index contributed by atoms with van der Waals surface area (Å²) in [4.78, 5) is 11.8. The number of nitrogens with one attached hydrogen (secondary N) is 1. The number of carbonyl (C=O) groups excluding carboxylic acids is 1. The highest BCUT2D eigenvalue weighted by Gasteiger charge is 2.12. The summed E-state index contributed by atoms with van der Waals surface area (Å²) in [7, 11) is 0. The maximum Gasteiger partial charge on any atom is 0.249 e. The monoisotopic (exact) mass is 331 g/mol. The molecule has 3 rings (SSSR count). The molecule has 0 aliphatic rings. The molecule has 1 N–H and O–H groups in total. The molecule has 6 nitrogen and oxygen atoms in total. The molecule has 0 unspecified atom stereocenters. The zero-order valence-electron chi connectivity index (χ0n) is 12.2. The Bertz CT molecular complexity index is 783. The maximum atomic E-state index is 11.8. The van der Waals surface area contributed by atoms with Gasteiger partial charge in [0.2, 0.25) is 17.7 Å². The van der Waals surface area contributed by atoms with Crippen LogP contribution in [0.4, 0.5) is 0 Å². The van der Waals surface area contributed by atoms with Crippen molar-refractivity contribution >= 4 is 17.5 Å². The van der Waals surface area contributed by atoms with E-state index in [4.69, 9.17) is 20.4 Å². The van der Waals surface area contributed by atoms with E-state index in [1.807, 2.05) is 12.1 Å². The zero-order valence-corrected chi connectivity index (χ0v) is 12.9. The minimum Gasteiger partial charge on any atom is -0.467 e. The molecule has 0 spiro atoms. The van der Waals surface area contributed by atoms with Gasteiger partial charge in [0.05, 0.1) is 23.4 Å². The lowest BCUT2D eigenvalue weighted by Crippen LogP contribution is -2.22. The lowest BCUT2D eigenvalue weighted by molar-refractivity contribution is -0.121. The normalized spacial score (nSPS) is 10.7. The molecule has 2 heterocycles. The first-order valence-corrected chi connectivity index (χ1v) is 7.46. The van der Waals surface area contributed by atoms with Gasteiger partial charge >= 0.3 is 0 Å². The number of aromatic nitrogens is 2. The number of benzene rings is 1. The van der Waals surface area contributed by atoms with E-state index in [1.54, 1.807) is 30.5 Å². The van der Waals surface area contributed by atoms with Crippen molar-refractivity contribution < 1.29 is 13.6 Å². The van der Waals surface area contributed by atoms with Crippen molar-refractivity contribution in [3.05, 3.63) is 59.3 Å². The smallest absolute Gasteiger partial charge is 0.249 e. The van der Waals surface area contributed by atoms with Gasteiger partial charge in [-0.25, -0.2) is 0 Å². The molecular weight excluding hydrogens is 318 g/mol. The fourth-order valence-corrected chi connectivity index (χ4v) is 2.22. The summed E-state index contributed by atoms with van der Waals surface area (Å²) in [5, 5.41) is 11.2. The van der Waals surface area contributed by atoms with Crippen LogP contribution in [0.15, 0.2) is 51.5 Å². The van der Waals surface area contributed by atoms with Gasteiger partial charge in [-0.3, -0.25) is 4.79 Å². The van der Waals surface area contributed by atoms with Crippen LogP contribution >= 0.6 is 11.6 Å². The van der Waals surface area contributed by atoms with Crippen molar-refractivity contribution in [3.8, 4) is 11.5 Å². The topological polar surface area (TPSA) is 81.2 Å². The van der Waals surface area contributed by atoms with Gasteiger partial charge in [0.25, 0.3) is 0 Å². The maximum absolute atomic E-state index is 11.8. The fourth-order valence-electron chi connectivity index (χ4n) is 2.01. The molecule has 2 aromatic heterocycles. The molecule has 0 aliphatic heterocycles. The summed E-state index contributed by atoms with van der Waals surface area (Å²) < 4.78 is 10.7. The lowest BCUT2D eigenvalue weighted by Gasteiger charge is -2.01. The number of carbonyl (C=O) groups is 1. The molecule has 0 radical (unpaired) electrons. The Hall–Kier alpha value is -2.60. The Labute approximate surface area is 137 Å². The molecule has 0 saturated carbocycles. The number of hydrogen-bond acceptors (Lipinski definition) is 5. The van der Waals surface area contributed by atoms with E-state index in [-0.39, 0.29) is 12.3 Å². The Kier molecular flexibility index (Phi) is 4.73. The number of halogens is 1. The SMILES string of the molecule is O=C(CCc1nnc(-c2ccccc2Cl)o1)NCc1ccco1. The molecule has 23 heavy (non-hydrogen) atoms. The van der Waals surface area contributed by atoms with Crippen molar-refractivity contribution in [2.24, 2.45) is 0 Å². The van der Waals surface area contributed by atoms with Gasteiger partial charge in [0.15, 0.2) is 0 Å². The molecule has 3 aromatic rings. The van der Waals surface area contributed by atoms with Gasteiger partial charge in [-0.15, -0.1) is 10.2 Å². The number of hydrogen-bond donors (Lipinski definition) is 1. The summed E-state index contributed by atoms with van der Waals surface area (Å²) in [5.41, 5.74) is 0.676. The number of aryl methyl sites for hydroxylation is 1. The Morgan fingerprint density at radius 1 is 1.17 bits per heavy atom. The van der Waals surface area contributed by atoms with Crippen LogP contribution in [0.2, 0.25) is 5.02 Å². The largest absolute Gasteiger partial charge is 0.467 e. The van der Waals surface area contributed by atoms with Crippen LogP contribution in [0.25, 0.3) is 11.5 Å². The van der Waals surface area contributed by atoms with E-state index in [0.29, 0.717) is 41.1 Å². The summed E-state index contributed by atoms with van der Waals surface area (Å²) in [6, 6.07) is 10.8. The molecule has 0 bridgehead atoms. The molecule has 0 fully saturated rings. The van der Waals surface area contributed by atoms with Gasteiger partial charge in [0.1, 0.15) is 5.76 Å². The zero-order chi connectivity index (χ0) is 16.1. The standard InChI is InChI=1S/C16H14ClN3O3/c17-13-6-2-1-5-12(13)16-20-19-15(23-16)8-7-14(21)18-10-11-4-3-9-22-11/h1-6,9H,7-8,10H2,(H,18,21). The summed E-state index contributed by atoms with van der Waals surface area (Å²) >= 11 is 6.08. The van der Waals surface area contributed by atoms with Crippen molar-refractivity contribution in [2.75, 3.05) is 0 Å². The van der Waals surface area contributed by atoms with Crippen LogP contribution in [0.3, 0.4) is 0 Å². The first-order chi connectivity index (χ1) is 11.2. The highest BCUT2D eigenvalue weighted by Crippen LogP contribution is 2.26. The average Bonchev–Trinajstić information content (AvgIpc) is 3.23. The first-order valence-electron chi connectivity index (χ1n) is 7.09. The minimum atomic E-state index is -0.112. The second kappa shape index (κ2) is 7.11. The molecule has 7 heteroatoms. The quantitative estimate of drug-likeness (QED) is 0.750. The van der Waals surface area contributed by atoms with Crippen molar-refractivity contribution in [2.45, 2.75) is 19.4 Å². The third-order valence-electron chi connectivity index (χ3n) is 3.18. The van der Waals surface area contributed by atoms with Crippen molar-refractivity contribution in [1.29, 1.82) is 0 Å². The second-order valence-corrected chi connectivity index (χ2v) is 5.24. The van der Waals surface area contributed by atoms with Gasteiger partial charge < -0.3 is 14.2 Å². The predicted molar refractivity (Wildman–Crippen MR) is 83.6 cm³/mol. The minimum absolute atomic E-state index is 0.112. The highest BCUT2D eigenvalue weighted by molar-refractivity contribution is 6.33. The summed E-state index contributed by atoms with van der Waals surface area (Å²) in [5.74, 6) is 1.34. The number of amides is 1. The molecule has 0 atom stereocenters. The van der Waals surface area contributed by atoms with Gasteiger partial charge in [-0.2, -0.15) is 0 Å². The average molecular weight is 332 g/mol. The van der Waals surface area contributed by atoms with E-state index in [9.17, 15) is 4.79 Å². The Balaban J connectivity index is 1.53. The summed E-state index contributed by atoms with van der Waals surface area (Å²) in [6.45, 7) is 0.362. The van der Waals surface area contributed by atoms with E-state index in [2.05, 4.69) is 15.5 Å². The Morgan fingerprint density at radius 3 is 2.83 bits per heavy atom. The highest BCUT2D eigenvalue weighted by atomic mass is 35.5. The molecular formula is C16H14ClN3O3. The third kappa shape index (κ3) is 3.98. The van der Waals surface area contributed by atoms with Crippen LogP contribution in [0, 0.1) is 0 Å². The number of furan rings is 1. The second-order valence-electron chi connectivity index (χ2n) is 4.84. The van der Waals surface area contributed by atoms with Crippen molar-refractivity contribution in [3.63, 3.8) is 0 Å². The number of rotatable bonds is 6. The van der Waals surface area contributed by atoms with Gasteiger partial charge in [-0.05, 0) is 24.3 Å². The predicted octanol–water partition coefficient (Wildman–Crippen LogP) is 3.23. The van der Waals surface area contributed by atoms with Crippen LogP contribution in [-0.2, 0) is 17.8 Å². The van der Waals surface area contributed by atoms with Crippen LogP contribution in [-0.4, -0.2) is 16.1 Å². The van der Waals surface area contributed by atoms with Crippen LogP contribution in [0.1, 0.15) is 18.1 Å². The Morgan fingerprint density at radius 2 is 2.04 bits per heavy atom. The summed E-state index contributed by atoms with van der Waals surface area (Å²) in [6.07, 6.45) is 2.18. The van der Waals surface area contributed by atoms with Crippen LogP contribution in [0.5, 0.6) is 0 Å². The molecule has 0 saturated heterocycles. The number of nitrogens with zero attached hydrogens (tertiary/aromatic N) is 2. The first kappa shape index (κ1) is 15.3. The van der Waals surface area contributed by atoms with Crippen molar-refractivity contribution in [1.82, 2.24) is 15.5 Å². The van der Waals surface area contributed by atoms with E-state index in [1.165, 1.54) is 0 Å². The molecule has 1 amide bonds. The fraction of sp³-hybridized carbons (Fsp3) is 0.188. The van der Waals surface area contributed by atoms with E-state index < -0.39 is 0 Å². The molecule has 118 valence electrons. The molecule has 0 aliphatic carbocycles. The van der Waals surface area contributed by atoms with E-state index >= 15 is 0 Å². The van der Waals surface area contributed by atoms with Gasteiger partial charge in [0, 0.05) is 12.8 Å². The molecule has 1 aromatic carbocycles. The third-order valence-corrected chi connectivity index (χ3v) is 3.51. The van der Waals surface area contributed by atoms with Crippen LogP contribution < -0.4 is 5.32 Å².